The van der Waals surface area contributed by atoms with E-state index >= 15 is 0 Å². The van der Waals surface area contributed by atoms with E-state index in [4.69, 9.17) is 4.74 Å². The summed E-state index contributed by atoms with van der Waals surface area (Å²) in [6.45, 7) is 5.37. The number of nitrogens with one attached hydrogen (secondary N) is 1. The first-order chi connectivity index (χ1) is 17.1. The number of hydrogen-bond donors (Lipinski definition) is 1. The Hall–Kier alpha value is -3.05. The molecule has 8 heteroatoms. The third kappa shape index (κ3) is 5.67. The fourth-order valence-corrected chi connectivity index (χ4v) is 5.59. The lowest BCUT2D eigenvalue weighted by Gasteiger charge is -2.35. The average Bonchev–Trinajstić information content (AvgIpc) is 3.45. The van der Waals surface area contributed by atoms with Gasteiger partial charge in [-0.3, -0.25) is 9.69 Å². The first kappa shape index (κ1) is 26.0. The maximum atomic E-state index is 15.0. The Morgan fingerprint density at radius 1 is 1.19 bits per heavy atom. The first-order valence-electron chi connectivity index (χ1n) is 12.2. The molecule has 2 aromatic rings. The minimum Gasteiger partial charge on any atom is -0.444 e. The molecular formula is C28H32FN3O3S. The van der Waals surface area contributed by atoms with Gasteiger partial charge in [0.2, 0.25) is 5.91 Å². The number of fused-ring (bicyclic) bond motifs is 2. The normalized spacial score (nSPS) is 21.7. The predicted molar refractivity (Wildman–Crippen MR) is 138 cm³/mol. The number of amides is 2. The van der Waals surface area contributed by atoms with Gasteiger partial charge in [0.15, 0.2) is 0 Å². The van der Waals surface area contributed by atoms with E-state index in [0.29, 0.717) is 5.56 Å². The van der Waals surface area contributed by atoms with E-state index in [1.165, 1.54) is 6.07 Å². The van der Waals surface area contributed by atoms with Crippen LogP contribution in [0.4, 0.5) is 9.18 Å². The fourth-order valence-electron chi connectivity index (χ4n) is 5.18. The van der Waals surface area contributed by atoms with Crippen LogP contribution in [0.3, 0.4) is 0 Å². The van der Waals surface area contributed by atoms with Gasteiger partial charge in [-0.25, -0.2) is 9.18 Å². The van der Waals surface area contributed by atoms with Gasteiger partial charge in [0.25, 0.3) is 0 Å². The zero-order valence-electron chi connectivity index (χ0n) is 21.1. The van der Waals surface area contributed by atoms with Gasteiger partial charge in [-0.1, -0.05) is 24.3 Å². The molecule has 1 saturated carbocycles. The number of nitriles is 1. The number of ether oxygens (including phenoxy) is 1. The molecule has 4 atom stereocenters. The van der Waals surface area contributed by atoms with E-state index in [1.807, 2.05) is 36.6 Å². The van der Waals surface area contributed by atoms with Gasteiger partial charge in [0.1, 0.15) is 23.5 Å². The van der Waals surface area contributed by atoms with Gasteiger partial charge in [0, 0.05) is 17.4 Å². The summed E-state index contributed by atoms with van der Waals surface area (Å²) in [4.78, 5) is 28.8. The number of hydrogen-bond acceptors (Lipinski definition) is 5. The van der Waals surface area contributed by atoms with Crippen LogP contribution in [0.2, 0.25) is 0 Å². The number of nitrogens with zero attached hydrogens (tertiary/aromatic N) is 2. The van der Waals surface area contributed by atoms with Gasteiger partial charge in [-0.2, -0.15) is 5.26 Å². The first-order valence-corrected chi connectivity index (χ1v) is 13.5. The lowest BCUT2D eigenvalue weighted by atomic mass is 9.97. The summed E-state index contributed by atoms with van der Waals surface area (Å²) in [6, 6.07) is 13.3. The Kier molecular flexibility index (Phi) is 7.60. The molecule has 1 aliphatic heterocycles. The van der Waals surface area contributed by atoms with Crippen molar-refractivity contribution in [3.05, 3.63) is 53.8 Å². The molecule has 2 fully saturated rings. The Morgan fingerprint density at radius 3 is 2.50 bits per heavy atom. The van der Waals surface area contributed by atoms with E-state index < -0.39 is 29.6 Å². The van der Waals surface area contributed by atoms with Crippen LogP contribution in [0.1, 0.15) is 45.6 Å². The molecule has 2 amide bonds. The molecule has 2 bridgehead atoms. The lowest BCUT2D eigenvalue weighted by Crippen LogP contribution is -2.55. The molecule has 36 heavy (non-hydrogen) atoms. The van der Waals surface area contributed by atoms with Crippen molar-refractivity contribution in [2.24, 2.45) is 5.92 Å². The molecule has 4 rings (SSSR count). The highest BCUT2D eigenvalue weighted by Crippen LogP contribution is 2.43. The summed E-state index contributed by atoms with van der Waals surface area (Å²) < 4.78 is 20.5. The van der Waals surface area contributed by atoms with E-state index in [9.17, 15) is 19.2 Å². The quantitative estimate of drug-likeness (QED) is 0.516. The highest BCUT2D eigenvalue weighted by Gasteiger charge is 2.52. The molecule has 1 N–H and O–H groups in total. The minimum absolute atomic E-state index is 0.0314. The highest BCUT2D eigenvalue weighted by atomic mass is 32.2. The van der Waals surface area contributed by atoms with Crippen LogP contribution in [0.5, 0.6) is 0 Å². The van der Waals surface area contributed by atoms with Gasteiger partial charge < -0.3 is 10.1 Å². The van der Waals surface area contributed by atoms with E-state index in [1.54, 1.807) is 43.5 Å². The van der Waals surface area contributed by atoms with Crippen molar-refractivity contribution < 1.29 is 18.7 Å². The number of thioether (sulfide) groups is 1. The largest absolute Gasteiger partial charge is 0.444 e. The second-order valence-corrected chi connectivity index (χ2v) is 11.4. The van der Waals surface area contributed by atoms with Gasteiger partial charge in [-0.05, 0) is 87.1 Å². The van der Waals surface area contributed by atoms with Crippen LogP contribution in [0.25, 0.3) is 11.1 Å². The maximum absolute atomic E-state index is 15.0. The summed E-state index contributed by atoms with van der Waals surface area (Å²) in [7, 11) is 0. The molecular weight excluding hydrogens is 477 g/mol. The Labute approximate surface area is 216 Å². The number of carbonyl (C=O) groups excluding carboxylic acids is 2. The van der Waals surface area contributed by atoms with Crippen molar-refractivity contribution >= 4 is 23.8 Å². The number of likely N-dealkylation sites (tertiary alicyclic amines) is 1. The molecule has 2 aliphatic rings. The molecule has 6 nitrogen and oxygen atoms in total. The molecule has 1 saturated heterocycles. The van der Waals surface area contributed by atoms with Crippen molar-refractivity contribution in [1.29, 1.82) is 5.26 Å². The number of halogens is 1. The third-order valence-electron chi connectivity index (χ3n) is 6.83. The van der Waals surface area contributed by atoms with E-state index in [0.717, 1.165) is 35.3 Å². The summed E-state index contributed by atoms with van der Waals surface area (Å²) in [5.41, 5.74) is 1.33. The molecule has 2 unspecified atom stereocenters. The van der Waals surface area contributed by atoms with Crippen LogP contribution in [0.15, 0.2) is 47.4 Å². The summed E-state index contributed by atoms with van der Waals surface area (Å²) >= 11 is 1.64. The average molecular weight is 510 g/mol. The molecule has 0 spiro atoms. The summed E-state index contributed by atoms with van der Waals surface area (Å²) in [6.07, 6.45) is 3.98. The maximum Gasteiger partial charge on any atom is 0.411 e. The van der Waals surface area contributed by atoms with Crippen molar-refractivity contribution in [2.75, 3.05) is 6.26 Å². The molecule has 2 aromatic carbocycles. The monoisotopic (exact) mass is 509 g/mol. The number of carbonyl (C=O) groups is 2. The second kappa shape index (κ2) is 10.5. The number of rotatable bonds is 6. The lowest BCUT2D eigenvalue weighted by molar-refractivity contribution is -0.128. The third-order valence-corrected chi connectivity index (χ3v) is 7.57. The Balaban J connectivity index is 1.45. The van der Waals surface area contributed by atoms with Crippen molar-refractivity contribution in [3.63, 3.8) is 0 Å². The van der Waals surface area contributed by atoms with Gasteiger partial charge in [0.05, 0.1) is 6.07 Å². The Bertz CT molecular complexity index is 1170. The van der Waals surface area contributed by atoms with E-state index in [2.05, 4.69) is 11.4 Å². The minimum atomic E-state index is -0.918. The van der Waals surface area contributed by atoms with Crippen molar-refractivity contribution in [2.45, 2.75) is 75.1 Å². The van der Waals surface area contributed by atoms with Crippen LogP contribution >= 0.6 is 11.8 Å². The molecule has 0 aromatic heterocycles. The predicted octanol–water partition coefficient (Wildman–Crippen LogP) is 5.55. The van der Waals surface area contributed by atoms with Crippen LogP contribution in [-0.4, -0.2) is 46.9 Å². The van der Waals surface area contributed by atoms with Crippen molar-refractivity contribution in [3.8, 4) is 17.2 Å². The van der Waals surface area contributed by atoms with Gasteiger partial charge in [-0.15, -0.1) is 11.8 Å². The van der Waals surface area contributed by atoms with E-state index in [-0.39, 0.29) is 24.3 Å². The number of benzene rings is 2. The topological polar surface area (TPSA) is 82.4 Å². The Morgan fingerprint density at radius 2 is 1.89 bits per heavy atom. The van der Waals surface area contributed by atoms with Crippen LogP contribution in [0, 0.1) is 23.1 Å². The summed E-state index contributed by atoms with van der Waals surface area (Å²) in [5.74, 6) is -0.771. The summed E-state index contributed by atoms with van der Waals surface area (Å²) in [5, 5.41) is 12.5. The second-order valence-electron chi connectivity index (χ2n) is 10.5. The highest BCUT2D eigenvalue weighted by molar-refractivity contribution is 7.98. The zero-order chi connectivity index (χ0) is 26.0. The van der Waals surface area contributed by atoms with Crippen molar-refractivity contribution in [1.82, 2.24) is 10.2 Å². The van der Waals surface area contributed by atoms with Crippen LogP contribution in [-0.2, 0) is 16.0 Å². The fraction of sp³-hybridized carbons (Fsp3) is 0.464. The molecule has 0 radical (unpaired) electrons. The SMILES string of the molecule is CSc1ccc(-c2ccc(CC(C#N)NC(=O)[C@@H]3C4CC[C@H](C4)N3C(=O)OC(C)(C)C)c(F)c2)cc1. The molecule has 1 heterocycles. The number of piperidine rings is 1. The zero-order valence-corrected chi connectivity index (χ0v) is 21.9. The van der Waals surface area contributed by atoms with Gasteiger partial charge >= 0.3 is 6.09 Å². The van der Waals surface area contributed by atoms with Crippen LogP contribution < -0.4 is 5.32 Å². The smallest absolute Gasteiger partial charge is 0.411 e. The standard InChI is InChI=1S/C28H32FN3O3S/c1-28(2,3)35-27(34)32-22-10-7-20(14-22)25(32)26(33)31-21(16-30)13-19-6-5-18(15-24(19)29)17-8-11-23(36-4)12-9-17/h5-6,8-9,11-12,15,20-22,25H,7,10,13-14H2,1-4H3,(H,31,33)/t20?,21?,22-,25+/m1/s1. The molecule has 1 aliphatic carbocycles. The molecule has 190 valence electrons.